The van der Waals surface area contributed by atoms with E-state index in [0.717, 1.165) is 10.0 Å². The fraction of sp³-hybridized carbons (Fsp3) is 0.167. The Hall–Kier alpha value is -1.05. The summed E-state index contributed by atoms with van der Waals surface area (Å²) in [7, 11) is 3.13. The summed E-state index contributed by atoms with van der Waals surface area (Å²) in [4.78, 5) is 12.2. The molecule has 100 valence electrons. The van der Waals surface area contributed by atoms with E-state index in [4.69, 9.17) is 21.7 Å². The zero-order valence-corrected chi connectivity index (χ0v) is 13.4. The third-order valence-electron chi connectivity index (χ3n) is 2.43. The second-order valence-electron chi connectivity index (χ2n) is 3.58. The van der Waals surface area contributed by atoms with Crippen molar-refractivity contribution >= 4 is 56.2 Å². The molecule has 7 heteroatoms. The van der Waals surface area contributed by atoms with Crippen LogP contribution in [0.4, 0.5) is 0 Å². The third kappa shape index (κ3) is 3.10. The minimum atomic E-state index is -0.184. The molecular formula is C12H10BrNO3S2. The Morgan fingerprint density at radius 1 is 1.32 bits per heavy atom. The minimum Gasteiger partial charge on any atom is -0.493 e. The van der Waals surface area contributed by atoms with E-state index in [1.807, 2.05) is 0 Å². The number of nitrogens with one attached hydrogen (secondary N) is 1. The molecule has 1 N–H and O–H groups in total. The highest BCUT2D eigenvalue weighted by atomic mass is 79.9. The van der Waals surface area contributed by atoms with E-state index in [9.17, 15) is 4.79 Å². The molecule has 0 bridgehead atoms. The van der Waals surface area contributed by atoms with Crippen LogP contribution >= 0.6 is 39.9 Å². The monoisotopic (exact) mass is 359 g/mol. The molecule has 0 unspecified atom stereocenters. The van der Waals surface area contributed by atoms with Crippen molar-refractivity contribution in [2.24, 2.45) is 0 Å². The zero-order chi connectivity index (χ0) is 14.0. The molecule has 0 saturated carbocycles. The highest BCUT2D eigenvalue weighted by Gasteiger charge is 2.22. The Morgan fingerprint density at radius 2 is 1.95 bits per heavy atom. The van der Waals surface area contributed by atoms with E-state index in [0.29, 0.717) is 20.7 Å². The van der Waals surface area contributed by atoms with Crippen molar-refractivity contribution in [1.82, 2.24) is 5.32 Å². The van der Waals surface area contributed by atoms with Crippen LogP contribution in [0.1, 0.15) is 5.56 Å². The molecule has 1 heterocycles. The Morgan fingerprint density at radius 3 is 2.47 bits per heavy atom. The summed E-state index contributed by atoms with van der Waals surface area (Å²) in [5.41, 5.74) is 0.819. The molecule has 1 aliphatic heterocycles. The van der Waals surface area contributed by atoms with Crippen LogP contribution in [0.5, 0.6) is 11.5 Å². The first-order valence-corrected chi connectivity index (χ1v) is 7.23. The molecule has 1 aromatic rings. The Bertz CT molecular complexity index is 587. The first kappa shape index (κ1) is 14.4. The van der Waals surface area contributed by atoms with E-state index in [1.165, 1.54) is 11.8 Å². The van der Waals surface area contributed by atoms with E-state index in [1.54, 1.807) is 32.4 Å². The quantitative estimate of drug-likeness (QED) is 0.664. The first-order valence-electron chi connectivity index (χ1n) is 5.21. The summed E-state index contributed by atoms with van der Waals surface area (Å²) in [5, 5.41) is 2.57. The van der Waals surface area contributed by atoms with E-state index >= 15 is 0 Å². The zero-order valence-electron chi connectivity index (χ0n) is 10.2. The number of carbonyl (C=O) groups excluding carboxylic acids is 1. The average Bonchev–Trinajstić information content (AvgIpc) is 2.69. The predicted octanol–water partition coefficient (Wildman–Crippen LogP) is 2.96. The van der Waals surface area contributed by atoms with Gasteiger partial charge in [-0.2, -0.15) is 0 Å². The number of benzene rings is 1. The number of thiocarbonyl (C=S) groups is 1. The maximum atomic E-state index is 11.6. The molecule has 0 atom stereocenters. The number of hydrogen-bond acceptors (Lipinski definition) is 5. The van der Waals surface area contributed by atoms with Crippen LogP contribution in [-0.4, -0.2) is 24.4 Å². The lowest BCUT2D eigenvalue weighted by molar-refractivity contribution is -0.115. The lowest BCUT2D eigenvalue weighted by Crippen LogP contribution is -2.17. The van der Waals surface area contributed by atoms with Gasteiger partial charge in [-0.25, -0.2) is 0 Å². The van der Waals surface area contributed by atoms with Gasteiger partial charge in [0.15, 0.2) is 11.5 Å². The van der Waals surface area contributed by atoms with Crippen molar-refractivity contribution in [2.45, 2.75) is 0 Å². The van der Waals surface area contributed by atoms with Gasteiger partial charge in [0.1, 0.15) is 4.32 Å². The fourth-order valence-corrected chi connectivity index (χ4v) is 3.01. The molecule has 1 fully saturated rings. The number of methoxy groups -OCH3 is 2. The number of thioether (sulfide) groups is 1. The largest absolute Gasteiger partial charge is 0.493 e. The van der Waals surface area contributed by atoms with Crippen LogP contribution in [0.2, 0.25) is 0 Å². The van der Waals surface area contributed by atoms with E-state index < -0.39 is 0 Å². The Balaban J connectivity index is 2.43. The van der Waals surface area contributed by atoms with Crippen molar-refractivity contribution in [3.63, 3.8) is 0 Å². The molecule has 0 radical (unpaired) electrons. The topological polar surface area (TPSA) is 47.6 Å². The van der Waals surface area contributed by atoms with Gasteiger partial charge in [-0.05, 0) is 23.8 Å². The van der Waals surface area contributed by atoms with E-state index in [-0.39, 0.29) is 5.91 Å². The molecule has 4 nitrogen and oxygen atoms in total. The maximum absolute atomic E-state index is 11.6. The summed E-state index contributed by atoms with van der Waals surface area (Å²) in [6.07, 6.45) is 1.76. The van der Waals surface area contributed by atoms with Crippen molar-refractivity contribution in [3.05, 3.63) is 27.1 Å². The SMILES string of the molecule is COc1cc(Br)c(C=C2SC(=S)NC2=O)cc1OC. The van der Waals surface area contributed by atoms with Crippen LogP contribution < -0.4 is 14.8 Å². The molecule has 1 aliphatic rings. The van der Waals surface area contributed by atoms with Crippen LogP contribution in [-0.2, 0) is 4.79 Å². The third-order valence-corrected chi connectivity index (χ3v) is 4.28. The lowest BCUT2D eigenvalue weighted by Gasteiger charge is -2.10. The number of rotatable bonds is 3. The van der Waals surface area contributed by atoms with Crippen LogP contribution in [0.15, 0.2) is 21.5 Å². The van der Waals surface area contributed by atoms with Gasteiger partial charge in [0.2, 0.25) is 0 Å². The molecule has 2 rings (SSSR count). The summed E-state index contributed by atoms with van der Waals surface area (Å²) in [6, 6.07) is 3.59. The van der Waals surface area contributed by atoms with Crippen LogP contribution in [0.25, 0.3) is 6.08 Å². The van der Waals surface area contributed by atoms with Gasteiger partial charge in [-0.1, -0.05) is 39.9 Å². The van der Waals surface area contributed by atoms with Crippen molar-refractivity contribution in [3.8, 4) is 11.5 Å². The first-order chi connectivity index (χ1) is 9.05. The van der Waals surface area contributed by atoms with E-state index in [2.05, 4.69) is 21.2 Å². The lowest BCUT2D eigenvalue weighted by atomic mass is 10.2. The molecule has 0 aromatic heterocycles. The van der Waals surface area contributed by atoms with Gasteiger partial charge in [-0.3, -0.25) is 4.79 Å². The standard InChI is InChI=1S/C12H10BrNO3S2/c1-16-8-3-6(7(13)5-9(8)17-2)4-10-11(15)14-12(18)19-10/h3-5H,1-2H3,(H,14,15,18). The van der Waals surface area contributed by atoms with Crippen molar-refractivity contribution in [1.29, 1.82) is 0 Å². The van der Waals surface area contributed by atoms with Gasteiger partial charge in [0.25, 0.3) is 5.91 Å². The Kier molecular flexibility index (Phi) is 4.49. The van der Waals surface area contributed by atoms with Gasteiger partial charge >= 0.3 is 0 Å². The number of amides is 1. The number of halogens is 1. The summed E-state index contributed by atoms with van der Waals surface area (Å²) >= 11 is 9.62. The highest BCUT2D eigenvalue weighted by molar-refractivity contribution is 9.10. The molecule has 19 heavy (non-hydrogen) atoms. The molecular weight excluding hydrogens is 350 g/mol. The molecule has 1 aromatic carbocycles. The summed E-state index contributed by atoms with van der Waals surface area (Å²) in [6.45, 7) is 0. The normalized spacial score (nSPS) is 16.7. The second kappa shape index (κ2) is 5.94. The molecule has 0 spiro atoms. The van der Waals surface area contributed by atoms with Crippen LogP contribution in [0, 0.1) is 0 Å². The smallest absolute Gasteiger partial charge is 0.263 e. The second-order valence-corrected chi connectivity index (χ2v) is 6.15. The van der Waals surface area contributed by atoms with Gasteiger partial charge in [-0.15, -0.1) is 0 Å². The molecule has 0 aliphatic carbocycles. The number of carbonyl (C=O) groups is 1. The molecule has 1 saturated heterocycles. The number of ether oxygens (including phenoxy) is 2. The average molecular weight is 360 g/mol. The summed E-state index contributed by atoms with van der Waals surface area (Å²) in [5.74, 6) is 1.04. The minimum absolute atomic E-state index is 0.184. The van der Waals surface area contributed by atoms with Crippen molar-refractivity contribution < 1.29 is 14.3 Å². The van der Waals surface area contributed by atoms with Gasteiger partial charge in [0, 0.05) is 4.47 Å². The van der Waals surface area contributed by atoms with Gasteiger partial charge in [0.05, 0.1) is 19.1 Å². The van der Waals surface area contributed by atoms with Crippen molar-refractivity contribution in [2.75, 3.05) is 14.2 Å². The summed E-state index contributed by atoms with van der Waals surface area (Å²) < 4.78 is 11.7. The molecule has 1 amide bonds. The van der Waals surface area contributed by atoms with Gasteiger partial charge < -0.3 is 14.8 Å². The Labute approximate surface area is 128 Å². The van der Waals surface area contributed by atoms with Crippen LogP contribution in [0.3, 0.4) is 0 Å². The fourth-order valence-electron chi connectivity index (χ4n) is 1.54. The number of hydrogen-bond donors (Lipinski definition) is 1. The maximum Gasteiger partial charge on any atom is 0.263 e. The highest BCUT2D eigenvalue weighted by Crippen LogP contribution is 2.36. The predicted molar refractivity (Wildman–Crippen MR) is 83.6 cm³/mol.